The predicted octanol–water partition coefficient (Wildman–Crippen LogP) is 4.42. The summed E-state index contributed by atoms with van der Waals surface area (Å²) in [5.74, 6) is 0. The first-order chi connectivity index (χ1) is 7.52. The van der Waals surface area contributed by atoms with Gasteiger partial charge >= 0.3 is 6.18 Å². The number of benzene rings is 2. The van der Waals surface area contributed by atoms with Gasteiger partial charge in [-0.15, -0.1) is 0 Å². The van der Waals surface area contributed by atoms with Gasteiger partial charge in [0.15, 0.2) is 0 Å². The summed E-state index contributed by atoms with van der Waals surface area (Å²) in [7, 11) is 0. The van der Waals surface area contributed by atoms with E-state index in [-0.39, 0.29) is 0 Å². The van der Waals surface area contributed by atoms with Gasteiger partial charge in [0.1, 0.15) is 0 Å². The second-order valence-electron chi connectivity index (χ2n) is 3.71. The molecule has 0 aliphatic heterocycles. The Labute approximate surface area is 91.7 Å². The molecule has 0 bridgehead atoms. The molecule has 0 heterocycles. The van der Waals surface area contributed by atoms with Gasteiger partial charge in [0.05, 0.1) is 5.56 Å². The van der Waals surface area contributed by atoms with Crippen molar-refractivity contribution in [2.24, 2.45) is 0 Å². The molecular weight excluding hydrogens is 213 g/mol. The van der Waals surface area contributed by atoms with Crippen molar-refractivity contribution in [2.75, 3.05) is 0 Å². The van der Waals surface area contributed by atoms with E-state index >= 15 is 0 Å². The largest absolute Gasteiger partial charge is 0.416 e. The minimum absolute atomic E-state index is 0.567. The monoisotopic (exact) mass is 224 g/mol. The van der Waals surface area contributed by atoms with Crippen molar-refractivity contribution in [3.8, 4) is 0 Å². The molecule has 0 N–H and O–H groups in total. The van der Waals surface area contributed by atoms with Gasteiger partial charge in [0.25, 0.3) is 0 Å². The topological polar surface area (TPSA) is 0 Å². The van der Waals surface area contributed by atoms with Crippen LogP contribution in [0.2, 0.25) is 0 Å². The van der Waals surface area contributed by atoms with Crippen LogP contribution in [0.1, 0.15) is 18.1 Å². The fourth-order valence-electron chi connectivity index (χ4n) is 1.85. The van der Waals surface area contributed by atoms with Gasteiger partial charge in [0.2, 0.25) is 0 Å². The maximum atomic E-state index is 12.6. The highest BCUT2D eigenvalue weighted by atomic mass is 19.4. The summed E-state index contributed by atoms with van der Waals surface area (Å²) in [6.45, 7) is 1.86. The highest BCUT2D eigenvalue weighted by molar-refractivity contribution is 5.86. The molecule has 0 unspecified atom stereocenters. The SMILES string of the molecule is CCc1cc(C(F)(F)F)cc2ccccc12. The summed E-state index contributed by atoms with van der Waals surface area (Å²) in [6.07, 6.45) is -3.67. The summed E-state index contributed by atoms with van der Waals surface area (Å²) >= 11 is 0. The average Bonchev–Trinajstić information content (AvgIpc) is 2.26. The molecule has 2 aromatic rings. The third-order valence-corrected chi connectivity index (χ3v) is 2.66. The molecule has 0 saturated heterocycles. The molecule has 0 fully saturated rings. The molecule has 2 rings (SSSR count). The van der Waals surface area contributed by atoms with Crippen LogP contribution < -0.4 is 0 Å². The first kappa shape index (κ1) is 11.0. The van der Waals surface area contributed by atoms with Crippen LogP contribution in [0.4, 0.5) is 13.2 Å². The summed E-state index contributed by atoms with van der Waals surface area (Å²) in [5, 5.41) is 1.55. The van der Waals surface area contributed by atoms with Crippen molar-refractivity contribution in [3.05, 3.63) is 47.5 Å². The zero-order valence-corrected chi connectivity index (χ0v) is 8.81. The van der Waals surface area contributed by atoms with E-state index < -0.39 is 11.7 Å². The van der Waals surface area contributed by atoms with Crippen LogP contribution in [-0.4, -0.2) is 0 Å². The average molecular weight is 224 g/mol. The summed E-state index contributed by atoms with van der Waals surface area (Å²) in [6, 6.07) is 9.60. The van der Waals surface area contributed by atoms with Crippen molar-refractivity contribution in [1.29, 1.82) is 0 Å². The fourth-order valence-corrected chi connectivity index (χ4v) is 1.85. The summed E-state index contributed by atoms with van der Waals surface area (Å²) in [4.78, 5) is 0. The van der Waals surface area contributed by atoms with Crippen LogP contribution in [0.3, 0.4) is 0 Å². The second kappa shape index (κ2) is 3.81. The minimum atomic E-state index is -4.27. The summed E-state index contributed by atoms with van der Waals surface area (Å²) in [5.41, 5.74) is 0.175. The van der Waals surface area contributed by atoms with Crippen molar-refractivity contribution in [3.63, 3.8) is 0 Å². The number of hydrogen-bond donors (Lipinski definition) is 0. The standard InChI is InChI=1S/C13H11F3/c1-2-9-7-11(13(14,15)16)8-10-5-3-4-6-12(9)10/h3-8H,2H2,1H3. The highest BCUT2D eigenvalue weighted by Gasteiger charge is 2.31. The number of hydrogen-bond acceptors (Lipinski definition) is 0. The lowest BCUT2D eigenvalue weighted by Crippen LogP contribution is -2.05. The van der Waals surface area contributed by atoms with Crippen LogP contribution in [0.5, 0.6) is 0 Å². The van der Waals surface area contributed by atoms with Gasteiger partial charge in [-0.2, -0.15) is 13.2 Å². The quantitative estimate of drug-likeness (QED) is 0.672. The second-order valence-corrected chi connectivity index (χ2v) is 3.71. The van der Waals surface area contributed by atoms with E-state index in [0.29, 0.717) is 11.8 Å². The lowest BCUT2D eigenvalue weighted by molar-refractivity contribution is -0.137. The summed E-state index contributed by atoms with van der Waals surface area (Å²) < 4.78 is 37.9. The zero-order chi connectivity index (χ0) is 11.8. The lowest BCUT2D eigenvalue weighted by atomic mass is 9.99. The molecule has 84 valence electrons. The smallest absolute Gasteiger partial charge is 0.166 e. The van der Waals surface area contributed by atoms with Crippen LogP contribution in [-0.2, 0) is 12.6 Å². The third kappa shape index (κ3) is 1.90. The van der Waals surface area contributed by atoms with Crippen LogP contribution in [0.15, 0.2) is 36.4 Å². The number of rotatable bonds is 1. The number of fused-ring (bicyclic) bond motifs is 1. The Hall–Kier alpha value is -1.51. The maximum Gasteiger partial charge on any atom is 0.416 e. The van der Waals surface area contributed by atoms with Crippen LogP contribution in [0.25, 0.3) is 10.8 Å². The van der Waals surface area contributed by atoms with Crippen molar-refractivity contribution >= 4 is 10.8 Å². The Morgan fingerprint density at radius 3 is 2.38 bits per heavy atom. The molecule has 0 atom stereocenters. The molecule has 0 aliphatic rings. The zero-order valence-electron chi connectivity index (χ0n) is 8.81. The van der Waals surface area contributed by atoms with Gasteiger partial charge in [-0.25, -0.2) is 0 Å². The highest BCUT2D eigenvalue weighted by Crippen LogP contribution is 2.33. The predicted molar refractivity (Wildman–Crippen MR) is 58.3 cm³/mol. The van der Waals surface area contributed by atoms with E-state index in [4.69, 9.17) is 0 Å². The number of aryl methyl sites for hydroxylation is 1. The normalized spacial score (nSPS) is 12.0. The molecule has 0 saturated carbocycles. The Morgan fingerprint density at radius 2 is 1.75 bits per heavy atom. The van der Waals surface area contributed by atoms with E-state index in [1.807, 2.05) is 19.1 Å². The molecule has 16 heavy (non-hydrogen) atoms. The van der Waals surface area contributed by atoms with Gasteiger partial charge in [-0.3, -0.25) is 0 Å². The fraction of sp³-hybridized carbons (Fsp3) is 0.231. The van der Waals surface area contributed by atoms with Crippen molar-refractivity contribution in [1.82, 2.24) is 0 Å². The maximum absolute atomic E-state index is 12.6. The van der Waals surface area contributed by atoms with Crippen LogP contribution in [0, 0.1) is 0 Å². The van der Waals surface area contributed by atoms with Crippen molar-refractivity contribution in [2.45, 2.75) is 19.5 Å². The van der Waals surface area contributed by atoms with Crippen molar-refractivity contribution < 1.29 is 13.2 Å². The van der Waals surface area contributed by atoms with Gasteiger partial charge < -0.3 is 0 Å². The van der Waals surface area contributed by atoms with E-state index in [9.17, 15) is 13.2 Å². The molecular formula is C13H11F3. The Bertz CT molecular complexity index is 512. The van der Waals surface area contributed by atoms with Gasteiger partial charge in [-0.1, -0.05) is 31.2 Å². The molecule has 0 amide bonds. The van der Waals surface area contributed by atoms with E-state index in [2.05, 4.69) is 0 Å². The molecule has 0 spiro atoms. The van der Waals surface area contributed by atoms with Gasteiger partial charge in [0, 0.05) is 0 Å². The minimum Gasteiger partial charge on any atom is -0.166 e. The Balaban J connectivity index is 2.73. The molecule has 0 aliphatic carbocycles. The number of alkyl halides is 3. The molecule has 0 aromatic heterocycles. The molecule has 3 heteroatoms. The molecule has 0 nitrogen and oxygen atoms in total. The lowest BCUT2D eigenvalue weighted by Gasteiger charge is -2.11. The first-order valence-electron chi connectivity index (χ1n) is 5.11. The first-order valence-corrected chi connectivity index (χ1v) is 5.11. The Morgan fingerprint density at radius 1 is 1.06 bits per heavy atom. The van der Waals surface area contributed by atoms with Crippen LogP contribution >= 0.6 is 0 Å². The van der Waals surface area contributed by atoms with E-state index in [1.165, 1.54) is 12.1 Å². The Kier molecular flexibility index (Phi) is 2.62. The number of halogens is 3. The third-order valence-electron chi connectivity index (χ3n) is 2.66. The molecule has 0 radical (unpaired) electrons. The molecule has 2 aromatic carbocycles. The van der Waals surface area contributed by atoms with E-state index in [0.717, 1.165) is 10.9 Å². The van der Waals surface area contributed by atoms with E-state index in [1.54, 1.807) is 12.1 Å². The van der Waals surface area contributed by atoms with Gasteiger partial charge in [-0.05, 0) is 34.9 Å².